The number of amides is 2. The summed E-state index contributed by atoms with van der Waals surface area (Å²) in [6, 6.07) is 4.11. The number of carbonyl (C=O) groups excluding carboxylic acids is 1. The Morgan fingerprint density at radius 2 is 2.05 bits per heavy atom. The molecule has 2 amide bonds. The largest absolute Gasteiger partial charge is 0.336 e. The maximum Gasteiger partial charge on any atom is 0.315 e. The molecule has 7 heteroatoms. The second kappa shape index (κ2) is 7.40. The average molecular weight is 316 g/mol. The molecule has 2 N–H and O–H groups in total. The lowest BCUT2D eigenvalue weighted by molar-refractivity contribution is 0.237. The van der Waals surface area contributed by atoms with E-state index in [1.54, 1.807) is 26.0 Å². The lowest BCUT2D eigenvalue weighted by atomic mass is 10.1. The molecule has 0 fully saturated rings. The number of rotatable bonds is 6. The summed E-state index contributed by atoms with van der Waals surface area (Å²) in [6.07, 6.45) is 1.51. The summed E-state index contributed by atoms with van der Waals surface area (Å²) in [4.78, 5) is 11.6. The number of halogens is 1. The molecule has 1 atom stereocenters. The fourth-order valence-electron chi connectivity index (χ4n) is 1.67. The highest BCUT2D eigenvalue weighted by molar-refractivity contribution is 7.90. The molecule has 1 rings (SSSR count). The lowest BCUT2D eigenvalue weighted by Crippen LogP contribution is -2.41. The van der Waals surface area contributed by atoms with Crippen molar-refractivity contribution < 1.29 is 17.6 Å². The molecule has 0 bridgehead atoms. The van der Waals surface area contributed by atoms with Crippen molar-refractivity contribution in [2.24, 2.45) is 0 Å². The van der Waals surface area contributed by atoms with Crippen LogP contribution in [0.2, 0.25) is 0 Å². The quantitative estimate of drug-likeness (QED) is 0.839. The minimum atomic E-state index is -3.03. The van der Waals surface area contributed by atoms with Gasteiger partial charge in [0.2, 0.25) is 0 Å². The Hall–Kier alpha value is -1.63. The molecule has 0 radical (unpaired) electrons. The van der Waals surface area contributed by atoms with Gasteiger partial charge in [0.25, 0.3) is 0 Å². The minimum Gasteiger partial charge on any atom is -0.336 e. The first kappa shape index (κ1) is 17.4. The number of sulfone groups is 1. The first-order valence-corrected chi connectivity index (χ1v) is 8.70. The molecule has 0 aromatic heterocycles. The number of carbonyl (C=O) groups is 1. The minimum absolute atomic E-state index is 0.0254. The van der Waals surface area contributed by atoms with E-state index in [-0.39, 0.29) is 24.2 Å². The van der Waals surface area contributed by atoms with Gasteiger partial charge in [-0.2, -0.15) is 0 Å². The predicted molar refractivity (Wildman–Crippen MR) is 80.3 cm³/mol. The molecule has 0 aliphatic heterocycles. The molecule has 1 unspecified atom stereocenters. The SMILES string of the molecule is Cc1ccc(CNC(=O)NC(C)CCS(C)(=O)=O)cc1F. The number of hydrogen-bond donors (Lipinski definition) is 2. The maximum atomic E-state index is 13.3. The van der Waals surface area contributed by atoms with Crippen LogP contribution in [-0.2, 0) is 16.4 Å². The highest BCUT2D eigenvalue weighted by Gasteiger charge is 2.10. The number of benzene rings is 1. The van der Waals surface area contributed by atoms with Crippen LogP contribution in [0.25, 0.3) is 0 Å². The summed E-state index contributed by atoms with van der Waals surface area (Å²) in [5, 5.41) is 5.25. The monoisotopic (exact) mass is 316 g/mol. The summed E-state index contributed by atoms with van der Waals surface area (Å²) in [6.45, 7) is 3.61. The molecule has 0 spiro atoms. The fourth-order valence-corrected chi connectivity index (χ4v) is 2.45. The Morgan fingerprint density at radius 1 is 1.38 bits per heavy atom. The van der Waals surface area contributed by atoms with Crippen LogP contribution < -0.4 is 10.6 Å². The lowest BCUT2D eigenvalue weighted by Gasteiger charge is -2.14. The Balaban J connectivity index is 2.38. The van der Waals surface area contributed by atoms with Gasteiger partial charge in [-0.3, -0.25) is 0 Å². The van der Waals surface area contributed by atoms with E-state index < -0.39 is 15.9 Å². The summed E-state index contributed by atoms with van der Waals surface area (Å²) in [5.74, 6) is -0.284. The van der Waals surface area contributed by atoms with Crippen LogP contribution in [0.15, 0.2) is 18.2 Å². The van der Waals surface area contributed by atoms with E-state index in [1.165, 1.54) is 6.07 Å². The van der Waals surface area contributed by atoms with Gasteiger partial charge in [-0.15, -0.1) is 0 Å². The van der Waals surface area contributed by atoms with Crippen LogP contribution in [0.1, 0.15) is 24.5 Å². The topological polar surface area (TPSA) is 75.3 Å². The van der Waals surface area contributed by atoms with E-state index in [1.807, 2.05) is 0 Å². The van der Waals surface area contributed by atoms with Crippen molar-refractivity contribution in [1.29, 1.82) is 0 Å². The Kier molecular flexibility index (Phi) is 6.14. The van der Waals surface area contributed by atoms with Gasteiger partial charge in [-0.25, -0.2) is 17.6 Å². The zero-order valence-electron chi connectivity index (χ0n) is 12.4. The normalized spacial score (nSPS) is 12.8. The number of urea groups is 1. The molecule has 21 heavy (non-hydrogen) atoms. The predicted octanol–water partition coefficient (Wildman–Crippen LogP) is 1.76. The van der Waals surface area contributed by atoms with Gasteiger partial charge < -0.3 is 10.6 Å². The highest BCUT2D eigenvalue weighted by Crippen LogP contribution is 2.08. The van der Waals surface area contributed by atoms with Gasteiger partial charge in [0, 0.05) is 18.8 Å². The number of aryl methyl sites for hydroxylation is 1. The van der Waals surface area contributed by atoms with E-state index in [9.17, 15) is 17.6 Å². The first-order valence-electron chi connectivity index (χ1n) is 6.64. The van der Waals surface area contributed by atoms with Crippen molar-refractivity contribution in [3.05, 3.63) is 35.1 Å². The van der Waals surface area contributed by atoms with Gasteiger partial charge in [-0.05, 0) is 37.5 Å². The first-order chi connectivity index (χ1) is 9.67. The molecule has 0 heterocycles. The summed E-state index contributed by atoms with van der Waals surface area (Å²) in [7, 11) is -3.03. The third-order valence-corrected chi connectivity index (χ3v) is 3.97. The van der Waals surface area contributed by atoms with Crippen LogP contribution in [0, 0.1) is 12.7 Å². The van der Waals surface area contributed by atoms with Gasteiger partial charge in [0.05, 0.1) is 5.75 Å². The second-order valence-corrected chi connectivity index (χ2v) is 7.49. The Morgan fingerprint density at radius 3 is 2.62 bits per heavy atom. The standard InChI is InChI=1S/C14H21FN2O3S/c1-10-4-5-12(8-13(10)15)9-16-14(18)17-11(2)6-7-21(3,19)20/h4-5,8,11H,6-7,9H2,1-3H3,(H2,16,17,18). The van der Waals surface area contributed by atoms with Crippen molar-refractivity contribution in [3.63, 3.8) is 0 Å². The van der Waals surface area contributed by atoms with E-state index in [4.69, 9.17) is 0 Å². The van der Waals surface area contributed by atoms with E-state index >= 15 is 0 Å². The molecular weight excluding hydrogens is 295 g/mol. The summed E-state index contributed by atoms with van der Waals surface area (Å²) in [5.41, 5.74) is 1.22. The van der Waals surface area contributed by atoms with Gasteiger partial charge in [0.1, 0.15) is 15.7 Å². The van der Waals surface area contributed by atoms with Crippen LogP contribution in [0.5, 0.6) is 0 Å². The fraction of sp³-hybridized carbons (Fsp3) is 0.500. The van der Waals surface area contributed by atoms with E-state index in [0.29, 0.717) is 17.5 Å². The average Bonchev–Trinajstić information content (AvgIpc) is 2.37. The van der Waals surface area contributed by atoms with Crippen LogP contribution in [-0.4, -0.2) is 32.5 Å². The smallest absolute Gasteiger partial charge is 0.315 e. The van der Waals surface area contributed by atoms with E-state index in [2.05, 4.69) is 10.6 Å². The number of hydrogen-bond acceptors (Lipinski definition) is 3. The molecule has 0 saturated heterocycles. The molecule has 1 aromatic rings. The molecular formula is C14H21FN2O3S. The Labute approximate surface area is 124 Å². The van der Waals surface area contributed by atoms with Gasteiger partial charge in [0.15, 0.2) is 0 Å². The third-order valence-electron chi connectivity index (χ3n) is 2.99. The van der Waals surface area contributed by atoms with E-state index in [0.717, 1.165) is 6.26 Å². The third kappa shape index (κ3) is 7.08. The van der Waals surface area contributed by atoms with Crippen molar-refractivity contribution in [1.82, 2.24) is 10.6 Å². The van der Waals surface area contributed by atoms with Gasteiger partial charge in [-0.1, -0.05) is 12.1 Å². The van der Waals surface area contributed by atoms with Crippen molar-refractivity contribution in [2.75, 3.05) is 12.0 Å². The molecule has 5 nitrogen and oxygen atoms in total. The highest BCUT2D eigenvalue weighted by atomic mass is 32.2. The van der Waals surface area contributed by atoms with Crippen LogP contribution in [0.3, 0.4) is 0 Å². The zero-order valence-corrected chi connectivity index (χ0v) is 13.3. The molecule has 0 aliphatic carbocycles. The molecule has 1 aromatic carbocycles. The van der Waals surface area contributed by atoms with Gasteiger partial charge >= 0.3 is 6.03 Å². The van der Waals surface area contributed by atoms with Crippen molar-refractivity contribution in [2.45, 2.75) is 32.9 Å². The zero-order chi connectivity index (χ0) is 16.0. The molecule has 0 aliphatic rings. The Bertz CT molecular complexity index is 602. The maximum absolute atomic E-state index is 13.3. The molecule has 118 valence electrons. The van der Waals surface area contributed by atoms with Crippen molar-refractivity contribution in [3.8, 4) is 0 Å². The number of nitrogens with one attached hydrogen (secondary N) is 2. The van der Waals surface area contributed by atoms with Crippen LogP contribution >= 0.6 is 0 Å². The summed E-state index contributed by atoms with van der Waals surface area (Å²) < 4.78 is 35.4. The van der Waals surface area contributed by atoms with Crippen molar-refractivity contribution >= 4 is 15.9 Å². The second-order valence-electron chi connectivity index (χ2n) is 5.23. The van der Waals surface area contributed by atoms with Crippen LogP contribution in [0.4, 0.5) is 9.18 Å². The summed E-state index contributed by atoms with van der Waals surface area (Å²) >= 11 is 0. The molecule has 0 saturated carbocycles.